The van der Waals surface area contributed by atoms with Gasteiger partial charge in [0.2, 0.25) is 27.7 Å². The number of pyridine rings is 1. The Morgan fingerprint density at radius 3 is 2.48 bits per heavy atom. The first-order valence-electron chi connectivity index (χ1n) is 20.0. The molecule has 12 heteroatoms. The fourth-order valence-corrected chi connectivity index (χ4v) is 9.86. The predicted molar refractivity (Wildman–Crippen MR) is 213 cm³/mol. The van der Waals surface area contributed by atoms with Crippen LogP contribution in [-0.2, 0) is 40.4 Å². The third-order valence-corrected chi connectivity index (χ3v) is 13.9. The molecule has 7 rings (SSSR count). The van der Waals surface area contributed by atoms with Crippen molar-refractivity contribution in [3.8, 4) is 17.0 Å². The number of hydrogen-bond acceptors (Lipinski definition) is 9. The van der Waals surface area contributed by atoms with Crippen molar-refractivity contribution in [2.75, 3.05) is 13.2 Å². The average Bonchev–Trinajstić information content (AvgIpc) is 4.09. The molecular weight excluding hydrogens is 731 g/mol. The van der Waals surface area contributed by atoms with Crippen LogP contribution in [0.15, 0.2) is 67.4 Å². The van der Waals surface area contributed by atoms with Crippen molar-refractivity contribution in [1.82, 2.24) is 14.6 Å². The van der Waals surface area contributed by atoms with E-state index < -0.39 is 62.0 Å². The normalized spacial score (nSPS) is 26.4. The van der Waals surface area contributed by atoms with Gasteiger partial charge in [-0.25, -0.2) is 13.4 Å². The standard InChI is InChI=1S/C44H53N3O8S/c1-5-30-25-44(30,42(51)46-56(52,53)32-16-17-32)26-38(48)37-23-31-27-47(37)41(50)36(43(2,3)4)24-39(49)54-20-12-7-6-9-13-28-21-34(29-14-10-8-11-15-29)33-18-19-45-40(55-31)35(33)22-28/h5,8,10-11,14-15,18-19,21-22,30-32,36-37H,1,6-7,9,12-13,16-17,20,23-27H2,2-4H3,(H,46,51)/t30-,31+,36+,37-,44+/m0/s1. The minimum Gasteiger partial charge on any atom is -0.472 e. The van der Waals surface area contributed by atoms with Gasteiger partial charge in [-0.15, -0.1) is 6.58 Å². The molecule has 4 bridgehead atoms. The topological polar surface area (TPSA) is 149 Å². The largest absolute Gasteiger partial charge is 0.472 e. The van der Waals surface area contributed by atoms with E-state index >= 15 is 0 Å². The summed E-state index contributed by atoms with van der Waals surface area (Å²) in [5.41, 5.74) is 1.31. The number of cyclic esters (lactones) is 1. The number of ketones is 1. The molecule has 5 atom stereocenters. The summed E-state index contributed by atoms with van der Waals surface area (Å²) in [7, 11) is -3.85. The van der Waals surface area contributed by atoms with Crippen molar-refractivity contribution in [3.05, 3.63) is 72.9 Å². The van der Waals surface area contributed by atoms with E-state index in [1.165, 1.54) is 4.90 Å². The highest BCUT2D eigenvalue weighted by Gasteiger charge is 2.61. The fraction of sp³-hybridized carbons (Fsp3) is 0.523. The van der Waals surface area contributed by atoms with Gasteiger partial charge in [0, 0.05) is 24.4 Å². The summed E-state index contributed by atoms with van der Waals surface area (Å²) in [6.07, 6.45) is 7.98. The minimum absolute atomic E-state index is 0.0559. The zero-order valence-corrected chi connectivity index (χ0v) is 33.4. The van der Waals surface area contributed by atoms with E-state index in [0.29, 0.717) is 25.1 Å². The number of Topliss-reactive ketones (excluding diaryl/α,β-unsaturated/α-hetero) is 1. The lowest BCUT2D eigenvalue weighted by atomic mass is 9.77. The highest BCUT2D eigenvalue weighted by molar-refractivity contribution is 7.90. The summed E-state index contributed by atoms with van der Waals surface area (Å²) in [4.78, 5) is 62.3. The second kappa shape index (κ2) is 15.8. The SMILES string of the molecule is C=C[C@H]1C[C@]1(CC(=O)[C@@H]1C[C@@H]2CN1C(=O)[C@H](C(C)(C)C)CC(=O)OCCCCCCc1cc(-c3ccccc3)c3ccnc(c3c1)O2)C(=O)NS(=O)(=O)C1CC1. The Bertz CT molecular complexity index is 2130. The number of esters is 1. The number of hydrogen-bond donors (Lipinski definition) is 1. The second-order valence-electron chi connectivity index (χ2n) is 17.2. The number of ether oxygens (including phenoxy) is 2. The number of fused-ring (bicyclic) bond motifs is 3. The van der Waals surface area contributed by atoms with Crippen LogP contribution in [0.5, 0.6) is 5.88 Å². The molecule has 3 heterocycles. The Kier molecular flexibility index (Phi) is 11.2. The van der Waals surface area contributed by atoms with Gasteiger partial charge in [0.1, 0.15) is 6.10 Å². The Hall–Kier alpha value is -4.58. The molecule has 0 spiro atoms. The van der Waals surface area contributed by atoms with E-state index in [1.54, 1.807) is 12.3 Å². The zero-order valence-electron chi connectivity index (χ0n) is 32.6. The van der Waals surface area contributed by atoms with Crippen LogP contribution in [0.1, 0.15) is 90.5 Å². The van der Waals surface area contributed by atoms with Crippen LogP contribution < -0.4 is 9.46 Å². The van der Waals surface area contributed by atoms with Crippen molar-refractivity contribution in [2.45, 2.75) is 109 Å². The average molecular weight is 784 g/mol. The van der Waals surface area contributed by atoms with Crippen molar-refractivity contribution in [2.24, 2.45) is 22.7 Å². The van der Waals surface area contributed by atoms with E-state index in [1.807, 2.05) is 45.0 Å². The van der Waals surface area contributed by atoms with Crippen LogP contribution in [0.4, 0.5) is 0 Å². The molecule has 3 aromatic rings. The number of aromatic nitrogens is 1. The number of rotatable bonds is 8. The Labute approximate surface area is 329 Å². The summed E-state index contributed by atoms with van der Waals surface area (Å²) in [5, 5.41) is 1.20. The third-order valence-electron chi connectivity index (χ3n) is 12.1. The van der Waals surface area contributed by atoms with Gasteiger partial charge in [0.15, 0.2) is 5.78 Å². The molecule has 3 fully saturated rings. The molecule has 1 N–H and O–H groups in total. The Morgan fingerprint density at radius 2 is 1.79 bits per heavy atom. The van der Waals surface area contributed by atoms with E-state index in [4.69, 9.17) is 14.5 Å². The van der Waals surface area contributed by atoms with Crippen LogP contribution in [0.3, 0.4) is 0 Å². The molecule has 2 aliphatic carbocycles. The lowest BCUT2D eigenvalue weighted by Gasteiger charge is -2.34. The smallest absolute Gasteiger partial charge is 0.306 e. The van der Waals surface area contributed by atoms with Crippen LogP contribution in [0, 0.1) is 22.7 Å². The minimum atomic E-state index is -3.85. The van der Waals surface area contributed by atoms with Crippen molar-refractivity contribution < 1.29 is 37.1 Å². The number of nitrogens with one attached hydrogen (secondary N) is 1. The number of carbonyl (C=O) groups is 4. The molecule has 4 aliphatic rings. The highest BCUT2D eigenvalue weighted by Crippen LogP contribution is 2.57. The first-order chi connectivity index (χ1) is 26.7. The van der Waals surface area contributed by atoms with E-state index in [0.717, 1.165) is 53.1 Å². The number of nitrogens with zero attached hydrogens (tertiary/aromatic N) is 2. The summed E-state index contributed by atoms with van der Waals surface area (Å²) in [5.74, 6) is -2.72. The van der Waals surface area contributed by atoms with Crippen LogP contribution in [0.2, 0.25) is 0 Å². The number of aryl methyl sites for hydroxylation is 1. The molecule has 2 saturated carbocycles. The summed E-state index contributed by atoms with van der Waals surface area (Å²) >= 11 is 0. The van der Waals surface area contributed by atoms with Gasteiger partial charge in [-0.1, -0.05) is 76.1 Å². The van der Waals surface area contributed by atoms with Gasteiger partial charge < -0.3 is 14.4 Å². The predicted octanol–water partition coefficient (Wildman–Crippen LogP) is 6.72. The van der Waals surface area contributed by atoms with Crippen LogP contribution >= 0.6 is 0 Å². The molecule has 56 heavy (non-hydrogen) atoms. The number of sulfonamides is 1. The molecule has 2 aromatic carbocycles. The molecule has 1 saturated heterocycles. The van der Waals surface area contributed by atoms with Crippen LogP contribution in [0.25, 0.3) is 21.9 Å². The molecule has 298 valence electrons. The number of amides is 2. The van der Waals surface area contributed by atoms with Gasteiger partial charge >= 0.3 is 5.97 Å². The first-order valence-corrected chi connectivity index (χ1v) is 21.6. The fourth-order valence-electron chi connectivity index (χ4n) is 8.47. The quantitative estimate of drug-likeness (QED) is 0.194. The van der Waals surface area contributed by atoms with Gasteiger partial charge in [0.25, 0.3) is 0 Å². The summed E-state index contributed by atoms with van der Waals surface area (Å²) in [6, 6.07) is 15.5. The highest BCUT2D eigenvalue weighted by atomic mass is 32.2. The maximum absolute atomic E-state index is 14.7. The number of carbonyl (C=O) groups excluding carboxylic acids is 4. The lowest BCUT2D eigenvalue weighted by Crippen LogP contribution is -2.48. The summed E-state index contributed by atoms with van der Waals surface area (Å²) < 4.78 is 40.2. The summed E-state index contributed by atoms with van der Waals surface area (Å²) in [6.45, 7) is 9.83. The molecule has 1 aromatic heterocycles. The lowest BCUT2D eigenvalue weighted by molar-refractivity contribution is -0.153. The van der Waals surface area contributed by atoms with E-state index in [9.17, 15) is 27.6 Å². The number of allylic oxidation sites excluding steroid dienone is 1. The molecule has 0 unspecified atom stereocenters. The van der Waals surface area contributed by atoms with Gasteiger partial charge in [-0.05, 0) is 84.1 Å². The maximum Gasteiger partial charge on any atom is 0.306 e. The van der Waals surface area contributed by atoms with Crippen molar-refractivity contribution in [3.63, 3.8) is 0 Å². The van der Waals surface area contributed by atoms with Gasteiger partial charge in [-0.3, -0.25) is 23.9 Å². The molecule has 11 nitrogen and oxygen atoms in total. The second-order valence-corrected chi connectivity index (χ2v) is 19.2. The third kappa shape index (κ3) is 8.40. The zero-order chi connectivity index (χ0) is 39.8. The maximum atomic E-state index is 14.7. The van der Waals surface area contributed by atoms with Gasteiger partial charge in [0.05, 0.1) is 42.2 Å². The first kappa shape index (κ1) is 39.6. The molecule has 2 aliphatic heterocycles. The Morgan fingerprint density at radius 1 is 1.04 bits per heavy atom. The van der Waals surface area contributed by atoms with Gasteiger partial charge in [-0.2, -0.15) is 0 Å². The Balaban J connectivity index is 1.25. The van der Waals surface area contributed by atoms with Crippen LogP contribution in [-0.4, -0.2) is 72.4 Å². The van der Waals surface area contributed by atoms with E-state index in [-0.39, 0.29) is 50.5 Å². The monoisotopic (exact) mass is 783 g/mol. The molecule has 0 radical (unpaired) electrons. The molecule has 2 amide bonds. The number of benzene rings is 2. The van der Waals surface area contributed by atoms with E-state index in [2.05, 4.69) is 35.6 Å². The van der Waals surface area contributed by atoms with Crippen molar-refractivity contribution in [1.29, 1.82) is 0 Å². The van der Waals surface area contributed by atoms with Crippen molar-refractivity contribution >= 4 is 44.4 Å². The molecular formula is C44H53N3O8S.